The second-order valence-electron chi connectivity index (χ2n) is 3.71. The molecule has 0 saturated heterocycles. The molecule has 0 atom stereocenters. The Morgan fingerprint density at radius 1 is 1.44 bits per heavy atom. The predicted molar refractivity (Wildman–Crippen MR) is 64.8 cm³/mol. The topological polar surface area (TPSA) is 89.7 Å². The van der Waals surface area contributed by atoms with Crippen molar-refractivity contribution in [3.8, 4) is 5.75 Å². The normalized spacial score (nSPS) is 10.6. The van der Waals surface area contributed by atoms with E-state index >= 15 is 0 Å². The molecule has 0 spiro atoms. The van der Waals surface area contributed by atoms with Gasteiger partial charge in [-0.1, -0.05) is 0 Å². The number of nitro benzene ring substituents is 1. The Bertz CT molecular complexity index is 507. The average molecular weight is 251 g/mol. The molecule has 0 bridgehead atoms. The largest absolute Gasteiger partial charge is 0.489 e. The van der Waals surface area contributed by atoms with Crippen molar-refractivity contribution in [2.45, 2.75) is 13.8 Å². The summed E-state index contributed by atoms with van der Waals surface area (Å²) in [7, 11) is 0. The molecular formula is C12H13NO5. The Hall–Kier alpha value is -2.37. The maximum atomic E-state index is 10.7. The molecule has 0 aliphatic carbocycles. The molecule has 0 fully saturated rings. The molecular weight excluding hydrogens is 238 g/mol. The monoisotopic (exact) mass is 251 g/mol. The van der Waals surface area contributed by atoms with Crippen LogP contribution in [0.4, 0.5) is 5.69 Å². The first kappa shape index (κ1) is 13.7. The number of aliphatic carboxylic acids is 1. The van der Waals surface area contributed by atoms with E-state index < -0.39 is 10.9 Å². The van der Waals surface area contributed by atoms with E-state index in [0.717, 1.165) is 6.08 Å². The van der Waals surface area contributed by atoms with E-state index in [2.05, 4.69) is 0 Å². The van der Waals surface area contributed by atoms with Crippen LogP contribution in [0.1, 0.15) is 11.1 Å². The minimum absolute atomic E-state index is 0.0425. The summed E-state index contributed by atoms with van der Waals surface area (Å²) in [5, 5.41) is 19.1. The average Bonchev–Trinajstić information content (AvgIpc) is 2.27. The van der Waals surface area contributed by atoms with Gasteiger partial charge < -0.3 is 9.84 Å². The Labute approximate surface area is 104 Å². The quantitative estimate of drug-likeness (QED) is 0.492. The van der Waals surface area contributed by atoms with Crippen molar-refractivity contribution in [2.75, 3.05) is 6.61 Å². The Kier molecular flexibility index (Phi) is 4.42. The first-order chi connectivity index (χ1) is 8.41. The summed E-state index contributed by atoms with van der Waals surface area (Å²) >= 11 is 0. The third-order valence-corrected chi connectivity index (χ3v) is 2.29. The fourth-order valence-corrected chi connectivity index (χ4v) is 1.41. The molecule has 0 saturated carbocycles. The molecule has 0 radical (unpaired) electrons. The SMILES string of the molecule is Cc1cc([N+](=O)[O-])c(C)cc1OCC=CC(=O)O. The summed E-state index contributed by atoms with van der Waals surface area (Å²) in [6.07, 6.45) is 2.34. The first-order valence-electron chi connectivity index (χ1n) is 5.19. The third kappa shape index (κ3) is 3.58. The maximum Gasteiger partial charge on any atom is 0.328 e. The number of aryl methyl sites for hydroxylation is 2. The van der Waals surface area contributed by atoms with Crippen LogP contribution in [0, 0.1) is 24.0 Å². The van der Waals surface area contributed by atoms with Gasteiger partial charge in [0.2, 0.25) is 0 Å². The first-order valence-corrected chi connectivity index (χ1v) is 5.19. The van der Waals surface area contributed by atoms with Crippen LogP contribution < -0.4 is 4.74 Å². The van der Waals surface area contributed by atoms with Gasteiger partial charge in [0, 0.05) is 17.7 Å². The van der Waals surface area contributed by atoms with Crippen LogP contribution in [-0.2, 0) is 4.79 Å². The van der Waals surface area contributed by atoms with Gasteiger partial charge >= 0.3 is 5.97 Å². The van der Waals surface area contributed by atoms with Crippen molar-refractivity contribution in [3.63, 3.8) is 0 Å². The lowest BCUT2D eigenvalue weighted by atomic mass is 10.1. The summed E-state index contributed by atoms with van der Waals surface area (Å²) in [5.41, 5.74) is 1.18. The van der Waals surface area contributed by atoms with Gasteiger partial charge in [-0.2, -0.15) is 0 Å². The van der Waals surface area contributed by atoms with Crippen LogP contribution in [0.15, 0.2) is 24.3 Å². The van der Waals surface area contributed by atoms with Crippen molar-refractivity contribution in [1.82, 2.24) is 0 Å². The highest BCUT2D eigenvalue weighted by Crippen LogP contribution is 2.27. The lowest BCUT2D eigenvalue weighted by molar-refractivity contribution is -0.385. The number of hydrogen-bond acceptors (Lipinski definition) is 4. The van der Waals surface area contributed by atoms with E-state index in [4.69, 9.17) is 9.84 Å². The zero-order valence-electron chi connectivity index (χ0n) is 10.0. The van der Waals surface area contributed by atoms with Gasteiger partial charge in [-0.05, 0) is 31.6 Å². The van der Waals surface area contributed by atoms with E-state index in [0.29, 0.717) is 16.9 Å². The molecule has 0 unspecified atom stereocenters. The van der Waals surface area contributed by atoms with Crippen LogP contribution >= 0.6 is 0 Å². The van der Waals surface area contributed by atoms with Crippen molar-refractivity contribution >= 4 is 11.7 Å². The molecule has 0 aliphatic heterocycles. The molecule has 1 aromatic carbocycles. The van der Waals surface area contributed by atoms with Crippen molar-refractivity contribution < 1.29 is 19.6 Å². The van der Waals surface area contributed by atoms with E-state index in [1.807, 2.05) is 0 Å². The van der Waals surface area contributed by atoms with Gasteiger partial charge in [0.1, 0.15) is 12.4 Å². The fraction of sp³-hybridized carbons (Fsp3) is 0.250. The van der Waals surface area contributed by atoms with Crippen molar-refractivity contribution in [2.24, 2.45) is 0 Å². The molecule has 0 heterocycles. The lowest BCUT2D eigenvalue weighted by Crippen LogP contribution is -1.99. The molecule has 1 aromatic rings. The highest BCUT2D eigenvalue weighted by Gasteiger charge is 2.13. The van der Waals surface area contributed by atoms with Crippen LogP contribution in [0.5, 0.6) is 5.75 Å². The Morgan fingerprint density at radius 2 is 2.11 bits per heavy atom. The summed E-state index contributed by atoms with van der Waals surface area (Å²) in [4.78, 5) is 20.5. The van der Waals surface area contributed by atoms with E-state index in [1.165, 1.54) is 12.1 Å². The number of carboxylic acid groups (broad SMARTS) is 1. The third-order valence-electron chi connectivity index (χ3n) is 2.29. The van der Waals surface area contributed by atoms with Crippen molar-refractivity contribution in [1.29, 1.82) is 0 Å². The number of rotatable bonds is 5. The number of carbonyl (C=O) groups is 1. The molecule has 1 rings (SSSR count). The van der Waals surface area contributed by atoms with Crippen LogP contribution in [0.2, 0.25) is 0 Å². The summed E-state index contributed by atoms with van der Waals surface area (Å²) < 4.78 is 5.33. The molecule has 0 aliphatic rings. The Balaban J connectivity index is 2.82. The summed E-state index contributed by atoms with van der Waals surface area (Å²) in [6.45, 7) is 3.42. The predicted octanol–water partition coefficient (Wildman–Crippen LogP) is 2.23. The van der Waals surface area contributed by atoms with Gasteiger partial charge in [0.05, 0.1) is 4.92 Å². The summed E-state index contributed by atoms with van der Waals surface area (Å²) in [5.74, 6) is -0.539. The minimum Gasteiger partial charge on any atom is -0.489 e. The molecule has 0 aromatic heterocycles. The molecule has 0 amide bonds. The minimum atomic E-state index is -1.05. The summed E-state index contributed by atoms with van der Waals surface area (Å²) in [6, 6.07) is 3.01. The van der Waals surface area contributed by atoms with E-state index in [9.17, 15) is 14.9 Å². The smallest absolute Gasteiger partial charge is 0.328 e. The number of carboxylic acids is 1. The highest BCUT2D eigenvalue weighted by atomic mass is 16.6. The number of benzene rings is 1. The number of hydrogen-bond donors (Lipinski definition) is 1. The van der Waals surface area contributed by atoms with Crippen LogP contribution in [0.3, 0.4) is 0 Å². The van der Waals surface area contributed by atoms with E-state index in [1.54, 1.807) is 19.9 Å². The fourth-order valence-electron chi connectivity index (χ4n) is 1.41. The molecule has 6 heteroatoms. The zero-order chi connectivity index (χ0) is 13.7. The number of ether oxygens (including phenoxy) is 1. The molecule has 96 valence electrons. The standard InChI is InChI=1S/C12H13NO5/c1-8-7-11(18-5-3-4-12(14)15)9(2)6-10(8)13(16)17/h3-4,6-7H,5H2,1-2H3,(H,14,15). The van der Waals surface area contributed by atoms with Crippen LogP contribution in [0.25, 0.3) is 0 Å². The van der Waals surface area contributed by atoms with Gasteiger partial charge in [0.25, 0.3) is 5.69 Å². The van der Waals surface area contributed by atoms with Gasteiger partial charge in [-0.3, -0.25) is 10.1 Å². The van der Waals surface area contributed by atoms with E-state index in [-0.39, 0.29) is 12.3 Å². The molecule has 18 heavy (non-hydrogen) atoms. The molecule has 1 N–H and O–H groups in total. The molecule has 6 nitrogen and oxygen atoms in total. The maximum absolute atomic E-state index is 10.7. The van der Waals surface area contributed by atoms with Gasteiger partial charge in [-0.15, -0.1) is 0 Å². The lowest BCUT2D eigenvalue weighted by Gasteiger charge is -2.08. The highest BCUT2D eigenvalue weighted by molar-refractivity contribution is 5.79. The van der Waals surface area contributed by atoms with Crippen LogP contribution in [-0.4, -0.2) is 22.6 Å². The second kappa shape index (κ2) is 5.81. The van der Waals surface area contributed by atoms with Gasteiger partial charge in [0.15, 0.2) is 0 Å². The van der Waals surface area contributed by atoms with Crippen molar-refractivity contribution in [3.05, 3.63) is 45.5 Å². The van der Waals surface area contributed by atoms with Gasteiger partial charge in [-0.25, -0.2) is 4.79 Å². The zero-order valence-corrected chi connectivity index (χ0v) is 10.0. The number of nitro groups is 1. The number of nitrogens with zero attached hydrogens (tertiary/aromatic N) is 1. The Morgan fingerprint density at radius 3 is 2.67 bits per heavy atom. The second-order valence-corrected chi connectivity index (χ2v) is 3.71.